The lowest BCUT2D eigenvalue weighted by molar-refractivity contribution is -0.289. The fourth-order valence-electron chi connectivity index (χ4n) is 4.01. The molecule has 2 aromatic carbocycles. The highest BCUT2D eigenvalue weighted by Crippen LogP contribution is 2.36. The zero-order valence-electron chi connectivity index (χ0n) is 17.8. The average Bonchev–Trinajstić information content (AvgIpc) is 3.07. The molecule has 33 heavy (non-hydrogen) atoms. The maximum atomic E-state index is 10.4. The van der Waals surface area contributed by atoms with Crippen LogP contribution in [-0.4, -0.2) is 104 Å². The molecule has 0 bridgehead atoms. The van der Waals surface area contributed by atoms with Gasteiger partial charge in [0.05, 0.1) is 25.2 Å². The lowest BCUT2D eigenvalue weighted by atomic mass is 9.99. The van der Waals surface area contributed by atoms with Crippen molar-refractivity contribution in [3.8, 4) is 11.5 Å². The number of aryl methyl sites for hydroxylation is 1. The van der Waals surface area contributed by atoms with E-state index in [1.165, 1.54) is 6.07 Å². The molecule has 0 unspecified atom stereocenters. The lowest BCUT2D eigenvalue weighted by Gasteiger charge is -2.40. The molecule has 2 aromatic rings. The summed E-state index contributed by atoms with van der Waals surface area (Å²) >= 11 is 0. The van der Waals surface area contributed by atoms with Crippen LogP contribution in [0.1, 0.15) is 5.56 Å². The van der Waals surface area contributed by atoms with Crippen LogP contribution in [0, 0.1) is 6.92 Å². The fourth-order valence-corrected chi connectivity index (χ4v) is 4.01. The largest absolute Gasteiger partial charge is 0.507 e. The summed E-state index contributed by atoms with van der Waals surface area (Å²) in [5, 5.41) is 71.9. The van der Waals surface area contributed by atoms with Gasteiger partial charge in [-0.05, 0) is 30.0 Å². The highest BCUT2D eigenvalue weighted by Gasteiger charge is 2.50. The smallest absolute Gasteiger partial charge is 0.229 e. The van der Waals surface area contributed by atoms with E-state index in [0.29, 0.717) is 10.8 Å². The Bertz CT molecular complexity index is 984. The van der Waals surface area contributed by atoms with E-state index in [2.05, 4.69) is 0 Å². The predicted octanol–water partition coefficient (Wildman–Crippen LogP) is -1.50. The van der Waals surface area contributed by atoms with Gasteiger partial charge >= 0.3 is 0 Å². The van der Waals surface area contributed by atoms with E-state index in [-0.39, 0.29) is 18.1 Å². The van der Waals surface area contributed by atoms with E-state index in [1.54, 1.807) is 18.2 Å². The van der Waals surface area contributed by atoms with Crippen LogP contribution in [0.5, 0.6) is 11.5 Å². The summed E-state index contributed by atoms with van der Waals surface area (Å²) in [7, 11) is 0. The summed E-state index contributed by atoms with van der Waals surface area (Å²) in [4.78, 5) is 0. The Morgan fingerprint density at radius 3 is 2.52 bits per heavy atom. The number of ether oxygens (including phenoxy) is 4. The molecule has 2 saturated heterocycles. The molecule has 2 fully saturated rings. The minimum absolute atomic E-state index is 0.0444. The molecule has 0 aromatic heterocycles. The topological polar surface area (TPSA) is 179 Å². The molecule has 0 aliphatic carbocycles. The van der Waals surface area contributed by atoms with Crippen LogP contribution in [-0.2, 0) is 14.2 Å². The van der Waals surface area contributed by atoms with Crippen molar-refractivity contribution in [2.24, 2.45) is 0 Å². The third-order valence-corrected chi connectivity index (χ3v) is 5.98. The second kappa shape index (κ2) is 9.29. The van der Waals surface area contributed by atoms with E-state index in [0.717, 1.165) is 5.56 Å². The van der Waals surface area contributed by atoms with E-state index in [1.807, 2.05) is 13.0 Å². The molecule has 8 atom stereocenters. The van der Waals surface area contributed by atoms with Crippen LogP contribution in [0.3, 0.4) is 0 Å². The highest BCUT2D eigenvalue weighted by molar-refractivity contribution is 5.94. The lowest BCUT2D eigenvalue weighted by Crippen LogP contribution is -2.60. The molecule has 2 heterocycles. The van der Waals surface area contributed by atoms with Gasteiger partial charge in [-0.3, -0.25) is 0 Å². The molecule has 11 nitrogen and oxygen atoms in total. The number of aromatic hydroxyl groups is 1. The van der Waals surface area contributed by atoms with E-state index < -0.39 is 61.9 Å². The maximum Gasteiger partial charge on any atom is 0.229 e. The molecule has 0 radical (unpaired) electrons. The number of aliphatic hydroxyl groups is 6. The van der Waals surface area contributed by atoms with Crippen LogP contribution >= 0.6 is 0 Å². The number of benzene rings is 2. The van der Waals surface area contributed by atoms with Crippen molar-refractivity contribution in [1.82, 2.24) is 0 Å². The van der Waals surface area contributed by atoms with Gasteiger partial charge < -0.3 is 54.7 Å². The zero-order valence-corrected chi connectivity index (χ0v) is 17.8. The molecule has 2 aliphatic rings. The Balaban J connectivity index is 1.50. The molecule has 2 aliphatic heterocycles. The number of hydrogen-bond acceptors (Lipinski definition) is 11. The summed E-state index contributed by atoms with van der Waals surface area (Å²) in [5.74, 6) is 0.162. The zero-order chi connectivity index (χ0) is 23.9. The molecule has 0 saturated carbocycles. The second-order valence-corrected chi connectivity index (χ2v) is 8.49. The van der Waals surface area contributed by atoms with Gasteiger partial charge in [0.15, 0.2) is 6.29 Å². The Morgan fingerprint density at radius 1 is 1.06 bits per heavy atom. The van der Waals surface area contributed by atoms with Gasteiger partial charge in [-0.1, -0.05) is 18.2 Å². The number of rotatable bonds is 6. The van der Waals surface area contributed by atoms with Crippen LogP contribution in [0.2, 0.25) is 0 Å². The van der Waals surface area contributed by atoms with Gasteiger partial charge in [-0.25, -0.2) is 0 Å². The molecular formula is C22H28O11. The SMILES string of the molecule is Cc1cc(O[C@@H]2O[C@H](CO[C@@H]3OC[C@](O)(CO)[C@H]3O)[C@@H](O)[C@H](O)[C@H]2O)c2c(O)cccc2c1. The minimum atomic E-state index is -1.88. The number of phenolic OH excluding ortho intramolecular Hbond substituents is 1. The van der Waals surface area contributed by atoms with Crippen LogP contribution in [0.15, 0.2) is 30.3 Å². The van der Waals surface area contributed by atoms with Crippen molar-refractivity contribution in [3.05, 3.63) is 35.9 Å². The molecule has 7 N–H and O–H groups in total. The average molecular weight is 468 g/mol. The monoisotopic (exact) mass is 468 g/mol. The Labute approximate surface area is 188 Å². The molecule has 0 amide bonds. The molecule has 182 valence electrons. The van der Waals surface area contributed by atoms with Gasteiger partial charge in [0, 0.05) is 0 Å². The van der Waals surface area contributed by atoms with Gasteiger partial charge in [-0.2, -0.15) is 0 Å². The number of hydrogen-bond donors (Lipinski definition) is 7. The number of phenols is 1. The van der Waals surface area contributed by atoms with Crippen LogP contribution < -0.4 is 4.74 Å². The highest BCUT2D eigenvalue weighted by atomic mass is 16.7. The first-order chi connectivity index (χ1) is 15.6. The first kappa shape index (κ1) is 24.1. The molecule has 0 spiro atoms. The first-order valence-electron chi connectivity index (χ1n) is 10.5. The third-order valence-electron chi connectivity index (χ3n) is 5.98. The van der Waals surface area contributed by atoms with Gasteiger partial charge in [-0.15, -0.1) is 0 Å². The van der Waals surface area contributed by atoms with Gasteiger partial charge in [0.25, 0.3) is 0 Å². The van der Waals surface area contributed by atoms with Gasteiger partial charge in [0.1, 0.15) is 47.6 Å². The van der Waals surface area contributed by atoms with Crippen molar-refractivity contribution in [2.75, 3.05) is 19.8 Å². The molecular weight excluding hydrogens is 440 g/mol. The number of aliphatic hydroxyl groups excluding tert-OH is 5. The molecule has 4 rings (SSSR count). The Hall–Kier alpha value is -2.06. The first-order valence-corrected chi connectivity index (χ1v) is 10.5. The second-order valence-electron chi connectivity index (χ2n) is 8.49. The summed E-state index contributed by atoms with van der Waals surface area (Å²) in [5.41, 5.74) is -1.07. The maximum absolute atomic E-state index is 10.4. The fraction of sp³-hybridized carbons (Fsp3) is 0.545. The quantitative estimate of drug-likeness (QED) is 0.262. The van der Waals surface area contributed by atoms with Crippen molar-refractivity contribution in [2.45, 2.75) is 55.6 Å². The molecule has 11 heteroatoms. The van der Waals surface area contributed by atoms with E-state index in [9.17, 15) is 35.7 Å². The predicted molar refractivity (Wildman–Crippen MR) is 111 cm³/mol. The summed E-state index contributed by atoms with van der Waals surface area (Å²) < 4.78 is 22.0. The van der Waals surface area contributed by atoms with Crippen molar-refractivity contribution in [3.63, 3.8) is 0 Å². The standard InChI is InChI=1S/C22H28O11/c1-10-5-11-3-2-4-12(24)15(11)13(6-10)32-20-18(27)17(26)16(25)14(33-20)7-30-21-19(28)22(29,8-23)9-31-21/h2-6,14,16-21,23-29H,7-9H2,1H3/t14-,16-,17+,18-,19+,20-,21-,22-/m1/s1. The summed E-state index contributed by atoms with van der Waals surface area (Å²) in [6.45, 7) is 0.327. The summed E-state index contributed by atoms with van der Waals surface area (Å²) in [6, 6.07) is 8.42. The van der Waals surface area contributed by atoms with Crippen molar-refractivity contribution >= 4 is 10.8 Å². The van der Waals surface area contributed by atoms with Crippen molar-refractivity contribution < 1.29 is 54.7 Å². The minimum Gasteiger partial charge on any atom is -0.507 e. The number of fused-ring (bicyclic) bond motifs is 1. The van der Waals surface area contributed by atoms with Gasteiger partial charge in [0.2, 0.25) is 6.29 Å². The van der Waals surface area contributed by atoms with Crippen molar-refractivity contribution in [1.29, 1.82) is 0 Å². The van der Waals surface area contributed by atoms with E-state index in [4.69, 9.17) is 18.9 Å². The Morgan fingerprint density at radius 2 is 1.82 bits per heavy atom. The normalized spacial score (nSPS) is 36.9. The van der Waals surface area contributed by atoms with Crippen LogP contribution in [0.4, 0.5) is 0 Å². The third kappa shape index (κ3) is 4.52. The van der Waals surface area contributed by atoms with Crippen LogP contribution in [0.25, 0.3) is 10.8 Å². The van der Waals surface area contributed by atoms with E-state index >= 15 is 0 Å². The Kier molecular flexibility index (Phi) is 6.78. The summed E-state index contributed by atoms with van der Waals surface area (Å²) in [6.07, 6.45) is -10.3.